The molecule has 0 unspecified atom stereocenters. The molecule has 0 saturated carbocycles. The van der Waals surface area contributed by atoms with Gasteiger partial charge in [0.15, 0.2) is 0 Å². The summed E-state index contributed by atoms with van der Waals surface area (Å²) in [5.41, 5.74) is 0.682. The van der Waals surface area contributed by atoms with Gasteiger partial charge in [-0.15, -0.1) is 0 Å². The highest BCUT2D eigenvalue weighted by Crippen LogP contribution is 2.37. The Hall–Kier alpha value is -1.96. The fourth-order valence-corrected chi connectivity index (χ4v) is 3.59. The van der Waals surface area contributed by atoms with Gasteiger partial charge >= 0.3 is 7.12 Å². The normalized spacial score (nSPS) is 17.1. The molecule has 0 bridgehead atoms. The number of benzene rings is 1. The van der Waals surface area contributed by atoms with Gasteiger partial charge in [-0.25, -0.2) is 0 Å². The van der Waals surface area contributed by atoms with Crippen molar-refractivity contribution >= 4 is 24.2 Å². The Labute approximate surface area is 189 Å². The molecule has 1 aromatic heterocycles. The van der Waals surface area contributed by atoms with Crippen LogP contribution in [0.5, 0.6) is 11.5 Å². The molecule has 1 saturated heterocycles. The van der Waals surface area contributed by atoms with Crippen LogP contribution in [0.1, 0.15) is 46.1 Å². The van der Waals surface area contributed by atoms with Gasteiger partial charge < -0.3 is 23.3 Å². The van der Waals surface area contributed by atoms with Crippen LogP contribution in [0.25, 0.3) is 0 Å². The lowest BCUT2D eigenvalue weighted by Crippen LogP contribution is -2.41. The van der Waals surface area contributed by atoms with E-state index in [0.717, 1.165) is 41.1 Å². The average molecular weight is 448 g/mol. The van der Waals surface area contributed by atoms with Gasteiger partial charge in [0.1, 0.15) is 11.5 Å². The van der Waals surface area contributed by atoms with Crippen LogP contribution in [0.15, 0.2) is 35.3 Å². The van der Waals surface area contributed by atoms with Crippen molar-refractivity contribution in [3.05, 3.63) is 51.4 Å². The predicted molar refractivity (Wildman–Crippen MR) is 124 cm³/mol. The fraction of sp³-hybridized carbons (Fsp3) is 0.522. The number of methoxy groups -OCH3 is 1. The zero-order chi connectivity index (χ0) is 22.8. The Kier molecular flexibility index (Phi) is 7.09. The van der Waals surface area contributed by atoms with E-state index in [1.807, 2.05) is 45.9 Å². The van der Waals surface area contributed by atoms with E-state index in [1.54, 1.807) is 20.4 Å². The van der Waals surface area contributed by atoms with Gasteiger partial charge in [0.05, 0.1) is 24.9 Å². The maximum atomic E-state index is 12.2. The predicted octanol–water partition coefficient (Wildman–Crippen LogP) is 3.75. The summed E-state index contributed by atoms with van der Waals surface area (Å²) in [7, 11) is 2.75. The standard InChI is InChI=1S/C23H31BClNO5/c1-22(2)23(3,4)31-24(30-22)18-15-26(5)21(27)14-20(18)29-12-8-7-9-16-13-17(28-6)10-11-19(16)25/h10-11,13-15H,7-9,12H2,1-6H3. The molecule has 6 nitrogen and oxygen atoms in total. The van der Waals surface area contributed by atoms with Crippen LogP contribution < -0.4 is 20.5 Å². The number of hydrogen-bond donors (Lipinski definition) is 0. The number of aromatic nitrogens is 1. The lowest BCUT2D eigenvalue weighted by molar-refractivity contribution is 0.00578. The highest BCUT2D eigenvalue weighted by atomic mass is 35.5. The molecule has 1 fully saturated rings. The zero-order valence-corrected chi connectivity index (χ0v) is 19.9. The summed E-state index contributed by atoms with van der Waals surface area (Å²) < 4.78 is 25.1. The number of ether oxygens (including phenoxy) is 2. The number of pyridine rings is 1. The van der Waals surface area contributed by atoms with Crippen molar-refractivity contribution in [1.29, 1.82) is 0 Å². The minimum Gasteiger partial charge on any atom is -0.497 e. The summed E-state index contributed by atoms with van der Waals surface area (Å²) in [6.07, 6.45) is 4.25. The van der Waals surface area contributed by atoms with E-state index in [-0.39, 0.29) is 5.56 Å². The Morgan fingerprint density at radius 2 is 1.77 bits per heavy atom. The molecule has 0 N–H and O–H groups in total. The number of aryl methyl sites for hydroxylation is 2. The molecule has 1 aromatic carbocycles. The van der Waals surface area contributed by atoms with Crippen LogP contribution in [0, 0.1) is 0 Å². The number of halogens is 1. The summed E-state index contributed by atoms with van der Waals surface area (Å²) in [6, 6.07) is 7.16. The van der Waals surface area contributed by atoms with Crippen molar-refractivity contribution in [3.8, 4) is 11.5 Å². The van der Waals surface area contributed by atoms with Gasteiger partial charge in [-0.3, -0.25) is 4.79 Å². The highest BCUT2D eigenvalue weighted by molar-refractivity contribution is 6.63. The van der Waals surface area contributed by atoms with E-state index in [0.29, 0.717) is 12.4 Å². The first-order chi connectivity index (χ1) is 14.5. The van der Waals surface area contributed by atoms with Crippen molar-refractivity contribution in [2.45, 2.75) is 58.2 Å². The van der Waals surface area contributed by atoms with Crippen LogP contribution in [0.2, 0.25) is 5.02 Å². The molecule has 31 heavy (non-hydrogen) atoms. The molecule has 8 heteroatoms. The quantitative estimate of drug-likeness (QED) is 0.456. The molecular formula is C23H31BClNO5. The van der Waals surface area contributed by atoms with Crippen LogP contribution in [-0.4, -0.2) is 36.6 Å². The van der Waals surface area contributed by atoms with Crippen molar-refractivity contribution in [2.24, 2.45) is 7.05 Å². The Bertz CT molecular complexity index is 972. The summed E-state index contributed by atoms with van der Waals surface area (Å²) >= 11 is 6.28. The molecule has 2 heterocycles. The number of hydrogen-bond acceptors (Lipinski definition) is 5. The second-order valence-electron chi connectivity index (χ2n) is 8.89. The topological polar surface area (TPSA) is 58.9 Å². The third-order valence-corrected chi connectivity index (χ3v) is 6.45. The molecule has 2 aromatic rings. The molecule has 0 atom stereocenters. The smallest absolute Gasteiger partial charge is 0.497 e. The lowest BCUT2D eigenvalue weighted by Gasteiger charge is -2.32. The molecule has 0 radical (unpaired) electrons. The fourth-order valence-electron chi connectivity index (χ4n) is 3.37. The van der Waals surface area contributed by atoms with E-state index in [4.69, 9.17) is 30.4 Å². The minimum absolute atomic E-state index is 0.140. The molecule has 1 aliphatic heterocycles. The summed E-state index contributed by atoms with van der Waals surface area (Å²) in [5.74, 6) is 1.30. The highest BCUT2D eigenvalue weighted by Gasteiger charge is 2.52. The summed E-state index contributed by atoms with van der Waals surface area (Å²) in [5, 5.41) is 0.733. The van der Waals surface area contributed by atoms with Gasteiger partial charge in [0.25, 0.3) is 5.56 Å². The van der Waals surface area contributed by atoms with Gasteiger partial charge in [-0.1, -0.05) is 11.6 Å². The molecule has 3 rings (SSSR count). The van der Waals surface area contributed by atoms with Crippen LogP contribution in [0.4, 0.5) is 0 Å². The van der Waals surface area contributed by atoms with Gasteiger partial charge in [0, 0.05) is 29.8 Å². The molecule has 1 aliphatic rings. The van der Waals surface area contributed by atoms with Crippen LogP contribution in [0.3, 0.4) is 0 Å². The van der Waals surface area contributed by atoms with E-state index >= 15 is 0 Å². The van der Waals surface area contributed by atoms with Gasteiger partial charge in [0.2, 0.25) is 0 Å². The number of rotatable bonds is 8. The first kappa shape index (κ1) is 23.7. The maximum Gasteiger partial charge on any atom is 0.500 e. The minimum atomic E-state index is -0.595. The van der Waals surface area contributed by atoms with E-state index in [1.165, 1.54) is 10.6 Å². The van der Waals surface area contributed by atoms with Crippen LogP contribution >= 0.6 is 11.6 Å². The van der Waals surface area contributed by atoms with Crippen molar-refractivity contribution < 1.29 is 18.8 Å². The average Bonchev–Trinajstić information content (AvgIpc) is 2.92. The Morgan fingerprint density at radius 3 is 2.42 bits per heavy atom. The second kappa shape index (κ2) is 9.27. The summed E-state index contributed by atoms with van der Waals surface area (Å²) in [4.78, 5) is 12.2. The first-order valence-corrected chi connectivity index (χ1v) is 10.9. The Balaban J connectivity index is 1.64. The van der Waals surface area contributed by atoms with E-state index in [9.17, 15) is 4.79 Å². The number of unbranched alkanes of at least 4 members (excludes halogenated alkanes) is 1. The van der Waals surface area contributed by atoms with Crippen molar-refractivity contribution in [2.75, 3.05) is 13.7 Å². The summed E-state index contributed by atoms with van der Waals surface area (Å²) in [6.45, 7) is 8.47. The molecule has 0 spiro atoms. The first-order valence-electron chi connectivity index (χ1n) is 10.6. The van der Waals surface area contributed by atoms with Crippen molar-refractivity contribution in [1.82, 2.24) is 4.57 Å². The maximum absolute atomic E-state index is 12.2. The van der Waals surface area contributed by atoms with Gasteiger partial charge in [-0.05, 0) is 70.7 Å². The van der Waals surface area contributed by atoms with E-state index < -0.39 is 18.3 Å². The molecule has 168 valence electrons. The third kappa shape index (κ3) is 5.28. The van der Waals surface area contributed by atoms with Gasteiger partial charge in [-0.2, -0.15) is 0 Å². The van der Waals surface area contributed by atoms with Crippen LogP contribution in [-0.2, 0) is 22.8 Å². The largest absolute Gasteiger partial charge is 0.500 e. The third-order valence-electron chi connectivity index (χ3n) is 6.08. The lowest BCUT2D eigenvalue weighted by atomic mass is 9.79. The second-order valence-corrected chi connectivity index (χ2v) is 9.30. The van der Waals surface area contributed by atoms with E-state index in [2.05, 4.69) is 0 Å². The number of nitrogens with zero attached hydrogens (tertiary/aromatic N) is 1. The zero-order valence-electron chi connectivity index (χ0n) is 19.2. The monoisotopic (exact) mass is 447 g/mol. The van der Waals surface area contributed by atoms with Crippen molar-refractivity contribution in [3.63, 3.8) is 0 Å². The molecule has 0 amide bonds. The Morgan fingerprint density at radius 1 is 1.10 bits per heavy atom. The SMILES string of the molecule is COc1ccc(Cl)c(CCCCOc2cc(=O)n(C)cc2B2OC(C)(C)C(C)(C)O2)c1. The molecular weight excluding hydrogens is 417 g/mol. The molecule has 0 aliphatic carbocycles.